The molecule has 1 aliphatic rings. The Morgan fingerprint density at radius 1 is 1.15 bits per heavy atom. The minimum atomic E-state index is -0.711. The molecule has 0 radical (unpaired) electrons. The molecule has 1 N–H and O–H groups in total. The SMILES string of the molecule is COc1cc(C(=O)OCC(=O)Nc2cc(Cl)ccc2Cl)cc2c1OCCO2. The molecule has 7 nitrogen and oxygen atoms in total. The predicted molar refractivity (Wildman–Crippen MR) is 99.4 cm³/mol. The first-order valence-electron chi connectivity index (χ1n) is 7.87. The fourth-order valence-electron chi connectivity index (χ4n) is 2.38. The number of anilines is 1. The zero-order valence-electron chi connectivity index (χ0n) is 14.2. The number of benzene rings is 2. The Balaban J connectivity index is 1.65. The Morgan fingerprint density at radius 3 is 2.70 bits per heavy atom. The van der Waals surface area contributed by atoms with Gasteiger partial charge in [-0.15, -0.1) is 0 Å². The highest BCUT2D eigenvalue weighted by Gasteiger charge is 2.22. The highest BCUT2D eigenvalue weighted by molar-refractivity contribution is 6.35. The van der Waals surface area contributed by atoms with Crippen molar-refractivity contribution in [2.45, 2.75) is 0 Å². The van der Waals surface area contributed by atoms with E-state index in [0.29, 0.717) is 46.2 Å². The number of amides is 1. The van der Waals surface area contributed by atoms with Crippen LogP contribution >= 0.6 is 23.2 Å². The Bertz CT molecular complexity index is 869. The van der Waals surface area contributed by atoms with Gasteiger partial charge in [-0.25, -0.2) is 4.79 Å². The summed E-state index contributed by atoms with van der Waals surface area (Å²) in [5.41, 5.74) is 0.496. The van der Waals surface area contributed by atoms with E-state index in [4.69, 9.17) is 42.1 Å². The Morgan fingerprint density at radius 2 is 1.93 bits per heavy atom. The Kier molecular flexibility index (Phi) is 5.93. The van der Waals surface area contributed by atoms with E-state index in [0.717, 1.165) is 0 Å². The fraction of sp³-hybridized carbons (Fsp3) is 0.222. The number of carbonyl (C=O) groups excluding carboxylic acids is 2. The first kappa shape index (κ1) is 19.1. The number of ether oxygens (including phenoxy) is 4. The van der Waals surface area contributed by atoms with Crippen molar-refractivity contribution < 1.29 is 28.5 Å². The number of esters is 1. The predicted octanol–water partition coefficient (Wildman–Crippen LogP) is 3.57. The minimum Gasteiger partial charge on any atom is -0.493 e. The van der Waals surface area contributed by atoms with Crippen LogP contribution in [0.2, 0.25) is 10.0 Å². The van der Waals surface area contributed by atoms with Crippen LogP contribution in [0.4, 0.5) is 5.69 Å². The summed E-state index contributed by atoms with van der Waals surface area (Å²) in [4.78, 5) is 24.3. The zero-order chi connectivity index (χ0) is 19.4. The number of halogens is 2. The average Bonchev–Trinajstić information content (AvgIpc) is 2.68. The topological polar surface area (TPSA) is 83.1 Å². The fourth-order valence-corrected chi connectivity index (χ4v) is 2.72. The van der Waals surface area contributed by atoms with Crippen LogP contribution < -0.4 is 19.5 Å². The van der Waals surface area contributed by atoms with Gasteiger partial charge in [0, 0.05) is 5.02 Å². The van der Waals surface area contributed by atoms with E-state index in [-0.39, 0.29) is 5.56 Å². The second kappa shape index (κ2) is 8.37. The van der Waals surface area contributed by atoms with Crippen LogP contribution in [0.25, 0.3) is 0 Å². The molecule has 0 aliphatic carbocycles. The molecule has 1 aliphatic heterocycles. The van der Waals surface area contributed by atoms with E-state index in [1.54, 1.807) is 12.1 Å². The summed E-state index contributed by atoms with van der Waals surface area (Å²) in [6, 6.07) is 7.57. The Labute approximate surface area is 165 Å². The van der Waals surface area contributed by atoms with Gasteiger partial charge in [0.25, 0.3) is 5.91 Å². The smallest absolute Gasteiger partial charge is 0.338 e. The molecule has 0 spiro atoms. The van der Waals surface area contributed by atoms with Crippen LogP contribution in [0.3, 0.4) is 0 Å². The summed E-state index contributed by atoms with van der Waals surface area (Å²) in [6.45, 7) is 0.245. The number of nitrogens with one attached hydrogen (secondary N) is 1. The van der Waals surface area contributed by atoms with Crippen LogP contribution in [0, 0.1) is 0 Å². The molecule has 142 valence electrons. The molecule has 0 unspecified atom stereocenters. The molecule has 0 saturated heterocycles. The second-order valence-corrected chi connectivity index (χ2v) is 6.29. The van der Waals surface area contributed by atoms with Gasteiger partial charge in [0.1, 0.15) is 13.2 Å². The molecule has 0 bridgehead atoms. The summed E-state index contributed by atoms with van der Waals surface area (Å²) >= 11 is 11.8. The van der Waals surface area contributed by atoms with Crippen LogP contribution in [0.5, 0.6) is 17.2 Å². The van der Waals surface area contributed by atoms with Gasteiger partial charge in [0.15, 0.2) is 18.1 Å². The molecule has 0 atom stereocenters. The lowest BCUT2D eigenvalue weighted by molar-refractivity contribution is -0.119. The van der Waals surface area contributed by atoms with Crippen LogP contribution in [0.1, 0.15) is 10.4 Å². The van der Waals surface area contributed by atoms with E-state index in [1.807, 2.05) is 0 Å². The molecule has 0 aromatic heterocycles. The van der Waals surface area contributed by atoms with Crippen molar-refractivity contribution in [3.05, 3.63) is 45.9 Å². The van der Waals surface area contributed by atoms with Gasteiger partial charge in [0.2, 0.25) is 5.75 Å². The van der Waals surface area contributed by atoms with E-state index in [9.17, 15) is 9.59 Å². The molecule has 0 fully saturated rings. The highest BCUT2D eigenvalue weighted by Crippen LogP contribution is 2.40. The first-order chi connectivity index (χ1) is 13.0. The molecular formula is C18H15Cl2NO6. The number of rotatable bonds is 5. The van der Waals surface area contributed by atoms with Crippen molar-refractivity contribution in [1.82, 2.24) is 0 Å². The molecule has 1 heterocycles. The van der Waals surface area contributed by atoms with Crippen molar-refractivity contribution in [2.75, 3.05) is 32.2 Å². The van der Waals surface area contributed by atoms with Gasteiger partial charge in [-0.05, 0) is 30.3 Å². The lowest BCUT2D eigenvalue weighted by Crippen LogP contribution is -2.21. The lowest BCUT2D eigenvalue weighted by Gasteiger charge is -2.21. The van der Waals surface area contributed by atoms with E-state index >= 15 is 0 Å². The van der Waals surface area contributed by atoms with Crippen LogP contribution in [-0.2, 0) is 9.53 Å². The van der Waals surface area contributed by atoms with Crippen LogP contribution in [-0.4, -0.2) is 38.8 Å². The van der Waals surface area contributed by atoms with Gasteiger partial charge in [-0.2, -0.15) is 0 Å². The standard InChI is InChI=1S/C18H15Cl2NO6/c1-24-14-6-10(7-15-17(14)26-5-4-25-15)18(23)27-9-16(22)21-13-8-11(19)2-3-12(13)20/h2-3,6-8H,4-5,9H2,1H3,(H,21,22). The maximum atomic E-state index is 12.3. The molecule has 3 rings (SSSR count). The molecule has 1 amide bonds. The number of carbonyl (C=O) groups is 2. The van der Waals surface area contributed by atoms with E-state index in [2.05, 4.69) is 5.32 Å². The second-order valence-electron chi connectivity index (χ2n) is 5.45. The summed E-state index contributed by atoms with van der Waals surface area (Å²) in [7, 11) is 1.45. The third-order valence-corrected chi connectivity index (χ3v) is 4.17. The quantitative estimate of drug-likeness (QED) is 0.757. The van der Waals surface area contributed by atoms with Crippen molar-refractivity contribution >= 4 is 40.8 Å². The third-order valence-electron chi connectivity index (χ3n) is 3.60. The van der Waals surface area contributed by atoms with Crippen molar-refractivity contribution in [3.8, 4) is 17.2 Å². The van der Waals surface area contributed by atoms with E-state index in [1.165, 1.54) is 25.3 Å². The van der Waals surface area contributed by atoms with Gasteiger partial charge in [0.05, 0.1) is 23.4 Å². The van der Waals surface area contributed by atoms with Gasteiger partial charge < -0.3 is 24.3 Å². The van der Waals surface area contributed by atoms with Crippen molar-refractivity contribution in [2.24, 2.45) is 0 Å². The maximum Gasteiger partial charge on any atom is 0.338 e. The summed E-state index contributed by atoms with van der Waals surface area (Å²) < 4.78 is 21.2. The van der Waals surface area contributed by atoms with E-state index < -0.39 is 18.5 Å². The normalized spacial score (nSPS) is 12.3. The molecule has 0 saturated carbocycles. The number of fused-ring (bicyclic) bond motifs is 1. The third kappa shape index (κ3) is 4.56. The molecular weight excluding hydrogens is 397 g/mol. The summed E-state index contributed by atoms with van der Waals surface area (Å²) in [6.07, 6.45) is 0. The molecule has 9 heteroatoms. The minimum absolute atomic E-state index is 0.171. The summed E-state index contributed by atoms with van der Waals surface area (Å²) in [5.74, 6) is -0.125. The number of hydrogen-bond donors (Lipinski definition) is 1. The van der Waals surface area contributed by atoms with Crippen molar-refractivity contribution in [1.29, 1.82) is 0 Å². The first-order valence-corrected chi connectivity index (χ1v) is 8.63. The maximum absolute atomic E-state index is 12.3. The van der Waals surface area contributed by atoms with Crippen LogP contribution in [0.15, 0.2) is 30.3 Å². The van der Waals surface area contributed by atoms with Gasteiger partial charge in [-0.3, -0.25) is 4.79 Å². The zero-order valence-corrected chi connectivity index (χ0v) is 15.7. The molecule has 27 heavy (non-hydrogen) atoms. The lowest BCUT2D eigenvalue weighted by atomic mass is 10.1. The highest BCUT2D eigenvalue weighted by atomic mass is 35.5. The number of hydrogen-bond acceptors (Lipinski definition) is 6. The number of methoxy groups -OCH3 is 1. The molecule has 2 aromatic carbocycles. The van der Waals surface area contributed by atoms with Gasteiger partial charge >= 0.3 is 5.97 Å². The summed E-state index contributed by atoms with van der Waals surface area (Å²) in [5, 5.41) is 3.26. The largest absolute Gasteiger partial charge is 0.493 e. The Hall–Kier alpha value is -2.64. The average molecular weight is 412 g/mol. The molecule has 2 aromatic rings. The van der Waals surface area contributed by atoms with Gasteiger partial charge in [-0.1, -0.05) is 23.2 Å². The van der Waals surface area contributed by atoms with Crippen molar-refractivity contribution in [3.63, 3.8) is 0 Å². The monoisotopic (exact) mass is 411 g/mol.